The Balaban J connectivity index is 4.25. The van der Waals surface area contributed by atoms with Crippen LogP contribution in [0.5, 0.6) is 0 Å². The highest BCUT2D eigenvalue weighted by Crippen LogP contribution is 2.16. The second kappa shape index (κ2) is 55.2. The van der Waals surface area contributed by atoms with E-state index in [2.05, 4.69) is 57.2 Å². The van der Waals surface area contributed by atoms with Crippen LogP contribution in [0, 0.1) is 0 Å². The molecule has 0 rings (SSSR count). The van der Waals surface area contributed by atoms with Gasteiger partial charge in [0.25, 0.3) is 0 Å². The van der Waals surface area contributed by atoms with Gasteiger partial charge >= 0.3 is 17.9 Å². The normalized spacial score (nSPS) is 12.2. The number of esters is 3. The lowest BCUT2D eigenvalue weighted by atomic mass is 10.0. The Morgan fingerprint density at radius 1 is 0.303 bits per heavy atom. The first-order valence-electron chi connectivity index (χ1n) is 29.0. The molecule has 0 aromatic carbocycles. The van der Waals surface area contributed by atoms with E-state index in [1.807, 2.05) is 0 Å². The van der Waals surface area contributed by atoms with E-state index in [9.17, 15) is 14.4 Å². The molecule has 0 amide bonds. The molecule has 386 valence electrons. The summed E-state index contributed by atoms with van der Waals surface area (Å²) in [6, 6.07) is 0. The van der Waals surface area contributed by atoms with Crippen LogP contribution in [-0.2, 0) is 28.6 Å². The third-order valence-electron chi connectivity index (χ3n) is 12.9. The Hall–Kier alpha value is -2.37. The fourth-order valence-corrected chi connectivity index (χ4v) is 8.47. The fraction of sp³-hybridized carbons (Fsp3) is 0.850. The highest BCUT2D eigenvalue weighted by Gasteiger charge is 2.19. The number of carbonyl (C=O) groups excluding carboxylic acids is 3. The highest BCUT2D eigenvalue weighted by atomic mass is 16.6. The first-order chi connectivity index (χ1) is 32.5. The molecule has 1 unspecified atom stereocenters. The number of hydrogen-bond acceptors (Lipinski definition) is 6. The summed E-state index contributed by atoms with van der Waals surface area (Å²) in [5.41, 5.74) is 0. The number of ether oxygens (including phenoxy) is 3. The van der Waals surface area contributed by atoms with Gasteiger partial charge < -0.3 is 14.2 Å². The van der Waals surface area contributed by atoms with Gasteiger partial charge in [-0.1, -0.05) is 250 Å². The van der Waals surface area contributed by atoms with Crippen molar-refractivity contribution in [3.05, 3.63) is 36.5 Å². The van der Waals surface area contributed by atoms with Crippen LogP contribution in [-0.4, -0.2) is 37.2 Å². The number of allylic oxidation sites excluding steroid dienone is 6. The SMILES string of the molecule is CCCCC/C=C\CCCCCCCC(=O)OCC(COC(=O)CCCCCCCCCCCCC/C=C\C/C=C\CCCCCCC)OC(=O)CCCCCCCCCCCCCCC. The van der Waals surface area contributed by atoms with Crippen molar-refractivity contribution >= 4 is 17.9 Å². The van der Waals surface area contributed by atoms with Crippen molar-refractivity contribution in [3.8, 4) is 0 Å². The van der Waals surface area contributed by atoms with Crippen molar-refractivity contribution < 1.29 is 28.6 Å². The fourth-order valence-electron chi connectivity index (χ4n) is 8.47. The van der Waals surface area contributed by atoms with Gasteiger partial charge in [0.2, 0.25) is 0 Å². The average Bonchev–Trinajstić information content (AvgIpc) is 3.31. The molecule has 6 heteroatoms. The van der Waals surface area contributed by atoms with Crippen LogP contribution in [0.1, 0.15) is 310 Å². The quantitative estimate of drug-likeness (QED) is 0.0262. The molecule has 0 aromatic rings. The second-order valence-electron chi connectivity index (χ2n) is 19.6. The number of unbranched alkanes of at least 4 members (excludes halogenated alkanes) is 36. The molecule has 1 atom stereocenters. The molecule has 0 fully saturated rings. The van der Waals surface area contributed by atoms with Crippen molar-refractivity contribution in [2.45, 2.75) is 316 Å². The zero-order chi connectivity index (χ0) is 47.9. The molecule has 0 aliphatic heterocycles. The molecule has 0 heterocycles. The van der Waals surface area contributed by atoms with Crippen LogP contribution in [0.15, 0.2) is 36.5 Å². The first-order valence-corrected chi connectivity index (χ1v) is 29.0. The molecule has 0 bridgehead atoms. The van der Waals surface area contributed by atoms with E-state index < -0.39 is 6.10 Å². The largest absolute Gasteiger partial charge is 0.462 e. The van der Waals surface area contributed by atoms with E-state index in [-0.39, 0.29) is 31.1 Å². The Kier molecular flexibility index (Phi) is 53.2. The Morgan fingerprint density at radius 3 is 0.879 bits per heavy atom. The van der Waals surface area contributed by atoms with Crippen LogP contribution >= 0.6 is 0 Å². The van der Waals surface area contributed by atoms with E-state index in [0.29, 0.717) is 19.3 Å². The van der Waals surface area contributed by atoms with Crippen LogP contribution in [0.3, 0.4) is 0 Å². The van der Waals surface area contributed by atoms with Crippen molar-refractivity contribution in [1.29, 1.82) is 0 Å². The third kappa shape index (κ3) is 52.6. The zero-order valence-corrected chi connectivity index (χ0v) is 44.2. The molecular formula is C60H110O6. The number of carbonyl (C=O) groups is 3. The lowest BCUT2D eigenvalue weighted by Gasteiger charge is -2.18. The molecule has 6 nitrogen and oxygen atoms in total. The maximum atomic E-state index is 12.8. The predicted molar refractivity (Wildman–Crippen MR) is 284 cm³/mol. The summed E-state index contributed by atoms with van der Waals surface area (Å²) in [5.74, 6) is -0.868. The van der Waals surface area contributed by atoms with E-state index in [4.69, 9.17) is 14.2 Å². The van der Waals surface area contributed by atoms with Gasteiger partial charge in [0, 0.05) is 19.3 Å². The maximum absolute atomic E-state index is 12.8. The average molecular weight is 928 g/mol. The van der Waals surface area contributed by atoms with Gasteiger partial charge in [-0.2, -0.15) is 0 Å². The van der Waals surface area contributed by atoms with Gasteiger partial charge in [0.1, 0.15) is 13.2 Å². The Labute approximate surface area is 410 Å². The third-order valence-corrected chi connectivity index (χ3v) is 12.9. The van der Waals surface area contributed by atoms with Crippen molar-refractivity contribution in [2.24, 2.45) is 0 Å². The van der Waals surface area contributed by atoms with Crippen LogP contribution in [0.2, 0.25) is 0 Å². The molecule has 0 aliphatic carbocycles. The van der Waals surface area contributed by atoms with Gasteiger partial charge in [0.15, 0.2) is 6.10 Å². The van der Waals surface area contributed by atoms with Crippen molar-refractivity contribution in [2.75, 3.05) is 13.2 Å². The molecule has 0 radical (unpaired) electrons. The highest BCUT2D eigenvalue weighted by molar-refractivity contribution is 5.71. The number of hydrogen-bond donors (Lipinski definition) is 0. The lowest BCUT2D eigenvalue weighted by Crippen LogP contribution is -2.30. The van der Waals surface area contributed by atoms with Crippen LogP contribution < -0.4 is 0 Å². The minimum Gasteiger partial charge on any atom is -0.462 e. The Bertz CT molecular complexity index is 1110. The monoisotopic (exact) mass is 927 g/mol. The van der Waals surface area contributed by atoms with Gasteiger partial charge in [0.05, 0.1) is 0 Å². The predicted octanol–water partition coefficient (Wildman–Crippen LogP) is 19.3. The summed E-state index contributed by atoms with van der Waals surface area (Å²) in [5, 5.41) is 0. The van der Waals surface area contributed by atoms with E-state index in [1.54, 1.807) is 0 Å². The lowest BCUT2D eigenvalue weighted by molar-refractivity contribution is -0.167. The number of rotatable bonds is 53. The summed E-state index contributed by atoms with van der Waals surface area (Å²) >= 11 is 0. The van der Waals surface area contributed by atoms with E-state index >= 15 is 0 Å². The van der Waals surface area contributed by atoms with E-state index in [0.717, 1.165) is 70.6 Å². The molecule has 0 saturated heterocycles. The first kappa shape index (κ1) is 63.6. The summed E-state index contributed by atoms with van der Waals surface area (Å²) < 4.78 is 16.8. The molecule has 66 heavy (non-hydrogen) atoms. The summed E-state index contributed by atoms with van der Waals surface area (Å²) in [6.45, 7) is 6.63. The van der Waals surface area contributed by atoms with Gasteiger partial charge in [-0.3, -0.25) is 14.4 Å². The van der Waals surface area contributed by atoms with Crippen LogP contribution in [0.25, 0.3) is 0 Å². The Morgan fingerprint density at radius 2 is 0.545 bits per heavy atom. The summed E-state index contributed by atoms with van der Waals surface area (Å²) in [7, 11) is 0. The topological polar surface area (TPSA) is 78.9 Å². The summed E-state index contributed by atoms with van der Waals surface area (Å²) in [6.07, 6.45) is 65.7. The van der Waals surface area contributed by atoms with Crippen molar-refractivity contribution in [3.63, 3.8) is 0 Å². The minimum atomic E-state index is -0.772. The van der Waals surface area contributed by atoms with Crippen LogP contribution in [0.4, 0.5) is 0 Å². The van der Waals surface area contributed by atoms with Gasteiger partial charge in [-0.05, 0) is 77.0 Å². The second-order valence-corrected chi connectivity index (χ2v) is 19.6. The minimum absolute atomic E-state index is 0.0723. The molecule has 0 aliphatic rings. The van der Waals surface area contributed by atoms with Gasteiger partial charge in [-0.15, -0.1) is 0 Å². The molecule has 0 spiro atoms. The maximum Gasteiger partial charge on any atom is 0.306 e. The van der Waals surface area contributed by atoms with E-state index in [1.165, 1.54) is 199 Å². The molecule has 0 saturated carbocycles. The molecule has 0 N–H and O–H groups in total. The smallest absolute Gasteiger partial charge is 0.306 e. The standard InChI is InChI=1S/C60H110O6/c1-4-7-10-13-16-19-22-25-26-27-28-29-30-31-32-33-34-36-38-41-44-47-50-53-59(62)65-56-57(55-64-58(61)52-49-46-43-40-37-24-21-18-15-12-9-6-3)66-60(63)54-51-48-45-42-39-35-23-20-17-14-11-8-5-2/h18,21-22,25,27-28,57H,4-17,19-20,23-24,26,29-56H2,1-3H3/b21-18-,25-22-,28-27-. The molecule has 0 aromatic heterocycles. The summed E-state index contributed by atoms with van der Waals surface area (Å²) in [4.78, 5) is 38.1. The zero-order valence-electron chi connectivity index (χ0n) is 44.2. The molecular weight excluding hydrogens is 817 g/mol. The van der Waals surface area contributed by atoms with Gasteiger partial charge in [-0.25, -0.2) is 0 Å². The van der Waals surface area contributed by atoms with Crippen molar-refractivity contribution in [1.82, 2.24) is 0 Å².